The van der Waals surface area contributed by atoms with Crippen LogP contribution in [0.3, 0.4) is 0 Å². The molecule has 5 nitrogen and oxygen atoms in total. The first-order valence-electron chi connectivity index (χ1n) is 8.87. The van der Waals surface area contributed by atoms with Gasteiger partial charge in [0.2, 0.25) is 5.91 Å². The van der Waals surface area contributed by atoms with Crippen molar-refractivity contribution in [2.75, 3.05) is 5.75 Å². The standard InChI is InChI=1S/C22H19ClN4OS/c1-15-11-18(16(2)27(15)20-7-3-17(12-24)4-8-20)13-25-26-22(28)14-29-21-9-5-19(23)6-10-21/h3-11,13H,14H2,1-2H3,(H,26,28)/b25-13-. The Balaban J connectivity index is 1.62. The van der Waals surface area contributed by atoms with E-state index in [1.54, 1.807) is 30.5 Å². The van der Waals surface area contributed by atoms with E-state index in [4.69, 9.17) is 16.9 Å². The van der Waals surface area contributed by atoms with Gasteiger partial charge in [-0.05, 0) is 68.4 Å². The number of aromatic nitrogens is 1. The van der Waals surface area contributed by atoms with E-state index in [9.17, 15) is 4.79 Å². The maximum Gasteiger partial charge on any atom is 0.250 e. The molecular formula is C22H19ClN4OS. The molecule has 7 heteroatoms. The van der Waals surface area contributed by atoms with Gasteiger partial charge in [-0.3, -0.25) is 4.79 Å². The lowest BCUT2D eigenvalue weighted by Gasteiger charge is -2.09. The smallest absolute Gasteiger partial charge is 0.250 e. The molecular weight excluding hydrogens is 404 g/mol. The fourth-order valence-electron chi connectivity index (χ4n) is 2.89. The lowest BCUT2D eigenvalue weighted by Crippen LogP contribution is -2.19. The Labute approximate surface area is 179 Å². The lowest BCUT2D eigenvalue weighted by molar-refractivity contribution is -0.118. The molecule has 0 radical (unpaired) electrons. The van der Waals surface area contributed by atoms with Gasteiger partial charge in [0.05, 0.1) is 23.6 Å². The minimum Gasteiger partial charge on any atom is -0.318 e. The fourth-order valence-corrected chi connectivity index (χ4v) is 3.70. The SMILES string of the molecule is Cc1cc(/C=N\NC(=O)CSc2ccc(Cl)cc2)c(C)n1-c1ccc(C#N)cc1. The number of amides is 1. The summed E-state index contributed by atoms with van der Waals surface area (Å²) in [5, 5.41) is 13.7. The van der Waals surface area contributed by atoms with E-state index in [0.717, 1.165) is 27.5 Å². The van der Waals surface area contributed by atoms with Gasteiger partial charge >= 0.3 is 0 Å². The third-order valence-corrected chi connectivity index (χ3v) is 5.57. The third-order valence-electron chi connectivity index (χ3n) is 4.30. The van der Waals surface area contributed by atoms with Gasteiger partial charge in [-0.1, -0.05) is 11.6 Å². The highest BCUT2D eigenvalue weighted by atomic mass is 35.5. The van der Waals surface area contributed by atoms with E-state index in [-0.39, 0.29) is 11.7 Å². The molecule has 1 amide bonds. The van der Waals surface area contributed by atoms with Crippen LogP contribution in [0.1, 0.15) is 22.5 Å². The summed E-state index contributed by atoms with van der Waals surface area (Å²) >= 11 is 7.28. The molecule has 3 aromatic rings. The summed E-state index contributed by atoms with van der Waals surface area (Å²) in [6.07, 6.45) is 1.65. The van der Waals surface area contributed by atoms with E-state index in [1.807, 2.05) is 44.2 Å². The maximum atomic E-state index is 12.0. The first-order valence-corrected chi connectivity index (χ1v) is 10.2. The average Bonchev–Trinajstić information content (AvgIpc) is 3.01. The maximum absolute atomic E-state index is 12.0. The van der Waals surface area contributed by atoms with Crippen LogP contribution in [0.4, 0.5) is 0 Å². The van der Waals surface area contributed by atoms with Crippen molar-refractivity contribution in [3.8, 4) is 11.8 Å². The average molecular weight is 423 g/mol. The summed E-state index contributed by atoms with van der Waals surface area (Å²) in [7, 11) is 0. The van der Waals surface area contributed by atoms with E-state index >= 15 is 0 Å². The molecule has 0 spiro atoms. The van der Waals surface area contributed by atoms with Crippen molar-refractivity contribution in [2.45, 2.75) is 18.7 Å². The van der Waals surface area contributed by atoms with Gasteiger partial charge in [-0.2, -0.15) is 10.4 Å². The highest BCUT2D eigenvalue weighted by molar-refractivity contribution is 8.00. The molecule has 0 atom stereocenters. The number of hydrogen-bond acceptors (Lipinski definition) is 4. The number of thioether (sulfide) groups is 1. The van der Waals surface area contributed by atoms with E-state index in [2.05, 4.69) is 21.2 Å². The third kappa shape index (κ3) is 5.29. The summed E-state index contributed by atoms with van der Waals surface area (Å²) in [4.78, 5) is 13.0. The molecule has 146 valence electrons. The van der Waals surface area contributed by atoms with Crippen LogP contribution in [-0.4, -0.2) is 22.4 Å². The number of nitriles is 1. The molecule has 0 fully saturated rings. The monoisotopic (exact) mass is 422 g/mol. The topological polar surface area (TPSA) is 70.2 Å². The van der Waals surface area contributed by atoms with Crippen molar-refractivity contribution < 1.29 is 4.79 Å². The summed E-state index contributed by atoms with van der Waals surface area (Å²) < 4.78 is 2.08. The van der Waals surface area contributed by atoms with Gasteiger partial charge in [0.15, 0.2) is 0 Å². The molecule has 0 bridgehead atoms. The summed E-state index contributed by atoms with van der Waals surface area (Å²) in [6, 6.07) is 18.9. The number of nitrogens with one attached hydrogen (secondary N) is 1. The predicted octanol–water partition coefficient (Wildman–Crippen LogP) is 4.86. The van der Waals surface area contributed by atoms with Gasteiger partial charge in [-0.15, -0.1) is 11.8 Å². The predicted molar refractivity (Wildman–Crippen MR) is 118 cm³/mol. The Morgan fingerprint density at radius 1 is 1.21 bits per heavy atom. The van der Waals surface area contributed by atoms with Gasteiger partial charge in [0.1, 0.15) is 0 Å². The second-order valence-corrected chi connectivity index (χ2v) is 7.84. The normalized spacial score (nSPS) is 10.8. The quantitative estimate of drug-likeness (QED) is 0.350. The van der Waals surface area contributed by atoms with Crippen molar-refractivity contribution in [1.29, 1.82) is 5.26 Å². The van der Waals surface area contributed by atoms with Crippen LogP contribution in [0.25, 0.3) is 5.69 Å². The first kappa shape index (κ1) is 20.7. The molecule has 0 unspecified atom stereocenters. The Hall–Kier alpha value is -3.01. The van der Waals surface area contributed by atoms with Crippen LogP contribution in [0.2, 0.25) is 5.02 Å². The molecule has 1 N–H and O–H groups in total. The van der Waals surface area contributed by atoms with Crippen molar-refractivity contribution in [2.24, 2.45) is 5.10 Å². The highest BCUT2D eigenvalue weighted by Crippen LogP contribution is 2.21. The van der Waals surface area contributed by atoms with E-state index in [1.165, 1.54) is 11.8 Å². The summed E-state index contributed by atoms with van der Waals surface area (Å²) in [5.74, 6) is 0.0885. The molecule has 3 rings (SSSR count). The molecule has 0 saturated heterocycles. The molecule has 1 aromatic heterocycles. The number of carbonyl (C=O) groups is 1. The van der Waals surface area contributed by atoms with Crippen molar-refractivity contribution in [1.82, 2.24) is 9.99 Å². The van der Waals surface area contributed by atoms with E-state index < -0.39 is 0 Å². The second-order valence-electron chi connectivity index (χ2n) is 6.36. The number of halogens is 1. The van der Waals surface area contributed by atoms with Gasteiger partial charge in [-0.25, -0.2) is 5.43 Å². The molecule has 2 aromatic carbocycles. The largest absolute Gasteiger partial charge is 0.318 e. The zero-order valence-electron chi connectivity index (χ0n) is 16.0. The zero-order valence-corrected chi connectivity index (χ0v) is 17.6. The Morgan fingerprint density at radius 2 is 1.90 bits per heavy atom. The molecule has 1 heterocycles. The number of benzene rings is 2. The molecule has 0 aliphatic rings. The van der Waals surface area contributed by atoms with Crippen LogP contribution in [0, 0.1) is 25.2 Å². The summed E-state index contributed by atoms with van der Waals surface area (Å²) in [6.45, 7) is 3.99. The van der Waals surface area contributed by atoms with E-state index in [0.29, 0.717) is 10.6 Å². The number of carbonyl (C=O) groups excluding carboxylic acids is 1. The first-order chi connectivity index (χ1) is 14.0. The number of hydrogen-bond donors (Lipinski definition) is 1. The number of rotatable bonds is 6. The van der Waals surface area contributed by atoms with Gasteiger partial charge in [0, 0.05) is 32.6 Å². The van der Waals surface area contributed by atoms with Crippen LogP contribution in [0.5, 0.6) is 0 Å². The molecule has 0 aliphatic carbocycles. The minimum absolute atomic E-state index is 0.179. The molecule has 0 aliphatic heterocycles. The second kappa shape index (κ2) is 9.46. The Bertz CT molecular complexity index is 1080. The number of hydrazone groups is 1. The Morgan fingerprint density at radius 3 is 2.55 bits per heavy atom. The Kier molecular flexibility index (Phi) is 6.76. The number of aryl methyl sites for hydroxylation is 1. The fraction of sp³-hybridized carbons (Fsp3) is 0.136. The van der Waals surface area contributed by atoms with Gasteiger partial charge < -0.3 is 4.57 Å². The lowest BCUT2D eigenvalue weighted by atomic mass is 10.2. The summed E-state index contributed by atoms with van der Waals surface area (Å²) in [5.41, 5.74) is 7.11. The minimum atomic E-state index is -0.179. The van der Waals surface area contributed by atoms with Crippen LogP contribution in [0.15, 0.2) is 64.6 Å². The van der Waals surface area contributed by atoms with Gasteiger partial charge in [0.25, 0.3) is 0 Å². The molecule has 29 heavy (non-hydrogen) atoms. The van der Waals surface area contributed by atoms with Crippen LogP contribution >= 0.6 is 23.4 Å². The number of nitrogens with zero attached hydrogens (tertiary/aromatic N) is 3. The van der Waals surface area contributed by atoms with Crippen molar-refractivity contribution >= 4 is 35.5 Å². The van der Waals surface area contributed by atoms with Crippen LogP contribution in [-0.2, 0) is 4.79 Å². The van der Waals surface area contributed by atoms with Crippen LogP contribution < -0.4 is 5.43 Å². The van der Waals surface area contributed by atoms with Crippen molar-refractivity contribution in [3.63, 3.8) is 0 Å². The molecule has 0 saturated carbocycles. The highest BCUT2D eigenvalue weighted by Gasteiger charge is 2.10. The van der Waals surface area contributed by atoms with Crippen molar-refractivity contribution in [3.05, 3.63) is 82.1 Å². The zero-order chi connectivity index (χ0) is 20.8.